The topological polar surface area (TPSA) is 134 Å². The molecule has 0 saturated heterocycles. The molecule has 1 atom stereocenters. The Morgan fingerprint density at radius 3 is 2.61 bits per heavy atom. The summed E-state index contributed by atoms with van der Waals surface area (Å²) in [6.07, 6.45) is 4.84. The van der Waals surface area contributed by atoms with Gasteiger partial charge in [-0.3, -0.25) is 9.48 Å². The van der Waals surface area contributed by atoms with Gasteiger partial charge in [-0.15, -0.1) is 12.4 Å². The molecule has 33 heavy (non-hydrogen) atoms. The number of pyridine rings is 1. The second-order valence-electron chi connectivity index (χ2n) is 7.13. The number of carbonyl (C=O) groups is 1. The first-order chi connectivity index (χ1) is 15.4. The Kier molecular flexibility index (Phi) is 7.36. The van der Waals surface area contributed by atoms with E-state index in [9.17, 15) is 9.18 Å². The molecule has 4 aromatic rings. The third-order valence-corrected chi connectivity index (χ3v) is 4.65. The van der Waals surface area contributed by atoms with E-state index >= 15 is 0 Å². The normalized spacial score (nSPS) is 11.6. The minimum atomic E-state index is -0.960. The zero-order valence-electron chi connectivity index (χ0n) is 17.5. The van der Waals surface area contributed by atoms with Gasteiger partial charge in [-0.05, 0) is 36.4 Å². The summed E-state index contributed by atoms with van der Waals surface area (Å²) in [6, 6.07) is 9.27. The van der Waals surface area contributed by atoms with E-state index in [4.69, 9.17) is 15.6 Å². The summed E-state index contributed by atoms with van der Waals surface area (Å²) in [4.78, 5) is 16.2. The quantitative estimate of drug-likeness (QED) is 0.399. The maximum absolute atomic E-state index is 14.5. The molecule has 1 unspecified atom stereocenters. The summed E-state index contributed by atoms with van der Waals surface area (Å²) in [6.45, 7) is 0. The largest absolute Gasteiger partial charge is 0.481 e. The minimum Gasteiger partial charge on any atom is -0.481 e. The van der Waals surface area contributed by atoms with Gasteiger partial charge in [0.25, 0.3) is 5.88 Å². The van der Waals surface area contributed by atoms with Crippen LogP contribution in [0.25, 0.3) is 16.9 Å². The lowest BCUT2D eigenvalue weighted by Crippen LogP contribution is -2.26. The monoisotopic (exact) mass is 473 g/mol. The first-order valence-corrected chi connectivity index (χ1v) is 9.70. The van der Waals surface area contributed by atoms with Gasteiger partial charge in [0.05, 0.1) is 29.7 Å². The number of halogens is 2. The molecular weight excluding hydrogens is 453 g/mol. The van der Waals surface area contributed by atoms with E-state index in [0.29, 0.717) is 29.1 Å². The zero-order valence-corrected chi connectivity index (χ0v) is 18.3. The van der Waals surface area contributed by atoms with E-state index in [2.05, 4.69) is 20.3 Å². The van der Waals surface area contributed by atoms with Gasteiger partial charge in [-0.25, -0.2) is 9.37 Å². The SMILES string of the molecule is Cl.Cn1nccc1-c1cnc(Oc2ccc(-n3ncc(CC(N)CC(=O)O)n3)cc2)c(F)c1. The number of aromatic nitrogens is 6. The van der Waals surface area contributed by atoms with Crippen LogP contribution in [0.15, 0.2) is 55.0 Å². The van der Waals surface area contributed by atoms with Crippen LogP contribution in [0.4, 0.5) is 4.39 Å². The molecule has 0 radical (unpaired) electrons. The standard InChI is InChI=1S/C21H20FN7O3.ClH/c1-28-19(6-7-25-28)13-8-18(22)21(24-11-13)32-17-4-2-16(3-5-17)29-26-12-15(27-29)9-14(23)10-20(30)31;/h2-8,11-12,14H,9-10,23H2,1H3,(H,30,31);1H. The van der Waals surface area contributed by atoms with Gasteiger partial charge >= 0.3 is 5.97 Å². The van der Waals surface area contributed by atoms with Gasteiger partial charge in [-0.1, -0.05) is 0 Å². The van der Waals surface area contributed by atoms with Crippen LogP contribution in [-0.2, 0) is 18.3 Å². The van der Waals surface area contributed by atoms with Crippen molar-refractivity contribution < 1.29 is 19.0 Å². The van der Waals surface area contributed by atoms with Crippen molar-refractivity contribution in [3.63, 3.8) is 0 Å². The van der Waals surface area contributed by atoms with Gasteiger partial charge in [0.15, 0.2) is 5.82 Å². The summed E-state index contributed by atoms with van der Waals surface area (Å²) >= 11 is 0. The van der Waals surface area contributed by atoms with Gasteiger partial charge in [0, 0.05) is 37.5 Å². The number of aliphatic carboxylic acids is 1. The molecule has 3 aromatic heterocycles. The molecule has 4 rings (SSSR count). The Bertz CT molecular complexity index is 1240. The Morgan fingerprint density at radius 2 is 1.97 bits per heavy atom. The van der Waals surface area contributed by atoms with Crippen LogP contribution in [0, 0.1) is 5.82 Å². The molecular formula is C21H21ClFN7O3. The van der Waals surface area contributed by atoms with Crippen LogP contribution in [-0.4, -0.2) is 46.9 Å². The lowest BCUT2D eigenvalue weighted by atomic mass is 10.1. The molecule has 3 N–H and O–H groups in total. The number of hydrogen-bond acceptors (Lipinski definition) is 7. The molecule has 0 amide bonds. The van der Waals surface area contributed by atoms with E-state index in [-0.39, 0.29) is 24.7 Å². The lowest BCUT2D eigenvalue weighted by molar-refractivity contribution is -0.137. The molecule has 0 fully saturated rings. The number of rotatable bonds is 8. The Morgan fingerprint density at radius 1 is 1.21 bits per heavy atom. The fourth-order valence-corrected chi connectivity index (χ4v) is 3.13. The number of benzene rings is 1. The van der Waals surface area contributed by atoms with Crippen molar-refractivity contribution in [2.24, 2.45) is 12.8 Å². The van der Waals surface area contributed by atoms with E-state index in [1.807, 2.05) is 0 Å². The highest BCUT2D eigenvalue weighted by Gasteiger charge is 2.13. The average Bonchev–Trinajstić information content (AvgIpc) is 3.38. The number of hydrogen-bond donors (Lipinski definition) is 2. The van der Waals surface area contributed by atoms with Crippen LogP contribution in [0.1, 0.15) is 12.1 Å². The fourth-order valence-electron chi connectivity index (χ4n) is 3.13. The Balaban J connectivity index is 0.00000306. The summed E-state index contributed by atoms with van der Waals surface area (Å²) in [5.41, 5.74) is 8.35. The van der Waals surface area contributed by atoms with Crippen molar-refractivity contribution in [3.05, 3.63) is 66.5 Å². The number of nitrogens with zero attached hydrogens (tertiary/aromatic N) is 6. The first kappa shape index (κ1) is 23.8. The predicted molar refractivity (Wildman–Crippen MR) is 119 cm³/mol. The number of nitrogens with two attached hydrogens (primary N) is 1. The maximum atomic E-state index is 14.5. The molecule has 0 bridgehead atoms. The number of ether oxygens (including phenoxy) is 1. The van der Waals surface area contributed by atoms with Crippen LogP contribution in [0.2, 0.25) is 0 Å². The molecule has 0 saturated carbocycles. The smallest absolute Gasteiger partial charge is 0.304 e. The van der Waals surface area contributed by atoms with E-state index in [1.165, 1.54) is 23.3 Å². The van der Waals surface area contributed by atoms with E-state index < -0.39 is 17.8 Å². The molecule has 10 nitrogen and oxygen atoms in total. The van der Waals surface area contributed by atoms with Gasteiger partial charge in [0.2, 0.25) is 0 Å². The van der Waals surface area contributed by atoms with Crippen LogP contribution in [0.5, 0.6) is 11.6 Å². The van der Waals surface area contributed by atoms with Crippen LogP contribution >= 0.6 is 12.4 Å². The van der Waals surface area contributed by atoms with Gasteiger partial charge in [0.1, 0.15) is 5.75 Å². The zero-order chi connectivity index (χ0) is 22.7. The third kappa shape index (κ3) is 5.70. The first-order valence-electron chi connectivity index (χ1n) is 9.70. The molecule has 0 aliphatic carbocycles. The number of carboxylic acid groups (broad SMARTS) is 1. The van der Waals surface area contributed by atoms with E-state index in [1.54, 1.807) is 48.3 Å². The summed E-state index contributed by atoms with van der Waals surface area (Å²) in [5, 5.41) is 21.3. The Hall–Kier alpha value is -3.83. The van der Waals surface area contributed by atoms with Crippen molar-refractivity contribution in [1.82, 2.24) is 29.8 Å². The van der Waals surface area contributed by atoms with Crippen molar-refractivity contribution in [1.29, 1.82) is 0 Å². The van der Waals surface area contributed by atoms with Crippen LogP contribution < -0.4 is 10.5 Å². The molecule has 0 spiro atoms. The molecule has 0 aliphatic heterocycles. The fraction of sp³-hybridized carbons (Fsp3) is 0.190. The molecule has 12 heteroatoms. The molecule has 172 valence electrons. The average molecular weight is 474 g/mol. The van der Waals surface area contributed by atoms with Crippen molar-refractivity contribution >= 4 is 18.4 Å². The second kappa shape index (κ2) is 10.2. The minimum absolute atomic E-state index is 0. The van der Waals surface area contributed by atoms with E-state index in [0.717, 1.165) is 5.69 Å². The van der Waals surface area contributed by atoms with Crippen molar-refractivity contribution in [2.75, 3.05) is 0 Å². The summed E-state index contributed by atoms with van der Waals surface area (Å²) < 4.78 is 21.7. The number of aryl methyl sites for hydroxylation is 1. The van der Waals surface area contributed by atoms with Crippen molar-refractivity contribution in [3.8, 4) is 28.6 Å². The maximum Gasteiger partial charge on any atom is 0.304 e. The number of carboxylic acids is 1. The molecule has 1 aromatic carbocycles. The predicted octanol–water partition coefficient (Wildman–Crippen LogP) is 2.76. The highest BCUT2D eigenvalue weighted by Crippen LogP contribution is 2.27. The second-order valence-corrected chi connectivity index (χ2v) is 7.13. The highest BCUT2D eigenvalue weighted by molar-refractivity contribution is 5.85. The lowest BCUT2D eigenvalue weighted by Gasteiger charge is -2.08. The summed E-state index contributed by atoms with van der Waals surface area (Å²) in [5.74, 6) is -1.30. The molecule has 0 aliphatic rings. The van der Waals surface area contributed by atoms with Gasteiger partial charge < -0.3 is 15.6 Å². The van der Waals surface area contributed by atoms with Crippen LogP contribution in [0.3, 0.4) is 0 Å². The molecule has 3 heterocycles. The highest BCUT2D eigenvalue weighted by atomic mass is 35.5. The third-order valence-electron chi connectivity index (χ3n) is 4.65. The Labute approximate surface area is 194 Å². The van der Waals surface area contributed by atoms with Gasteiger partial charge in [-0.2, -0.15) is 20.1 Å². The van der Waals surface area contributed by atoms with Crippen molar-refractivity contribution in [2.45, 2.75) is 18.9 Å². The summed E-state index contributed by atoms with van der Waals surface area (Å²) in [7, 11) is 1.76.